The van der Waals surface area contributed by atoms with Crippen molar-refractivity contribution in [2.75, 3.05) is 0 Å². The smallest absolute Gasteiger partial charge is 0.307 e. The van der Waals surface area contributed by atoms with E-state index >= 15 is 26.3 Å². The van der Waals surface area contributed by atoms with E-state index in [0.717, 1.165) is 0 Å². The Bertz CT molecular complexity index is 4320. The van der Waals surface area contributed by atoms with Crippen molar-refractivity contribution in [3.8, 4) is 74.1 Å². The lowest BCUT2D eigenvalue weighted by molar-refractivity contribution is -0.142. The first-order chi connectivity index (χ1) is 38.1. The summed E-state index contributed by atoms with van der Waals surface area (Å²) in [7, 11) is 0. The fraction of sp³-hybridized carbons (Fsp3) is 0.169. The monoisotopic (exact) mass is 1070 g/mol. The van der Waals surface area contributed by atoms with E-state index in [0.29, 0.717) is 154 Å². The molecular weight excluding hydrogens is 1030 g/mol. The van der Waals surface area contributed by atoms with Gasteiger partial charge in [-0.25, -0.2) is 59.8 Å². The standard InChI is InChI=1S/C59H41F6N15/c1-27-67-28(2)72-54(71-27)35-12-16-40-41-17-13-36(55-73-29(3)68-30(4)74-55)21-48(41)79(47(40)20-35)51-24-39(26-66)44(53-45(58(60,61)62)10-9-11-46(53)59(63,64)65)25-52(51)80-49-22-37(56-75-31(5)69-32(6)76-56)14-18-42(49)43-19-15-38(23-50(43)80)57-77-33(7)70-34(8)78-57/h9-25H,1-8H3. The van der Waals surface area contributed by atoms with Gasteiger partial charge < -0.3 is 9.13 Å². The lowest BCUT2D eigenvalue weighted by Crippen LogP contribution is -2.15. The largest absolute Gasteiger partial charge is 0.417 e. The van der Waals surface area contributed by atoms with E-state index in [9.17, 15) is 5.26 Å². The van der Waals surface area contributed by atoms with Crippen LogP contribution in [0.25, 0.3) is 112 Å². The van der Waals surface area contributed by atoms with Gasteiger partial charge in [-0.05, 0) is 104 Å². The molecule has 0 amide bonds. The number of hydrogen-bond acceptors (Lipinski definition) is 13. The summed E-state index contributed by atoms with van der Waals surface area (Å²) in [5.41, 5.74) is -1.21. The summed E-state index contributed by atoms with van der Waals surface area (Å²) in [5.74, 6) is 4.94. The Morgan fingerprint density at radius 1 is 0.362 bits per heavy atom. The number of fused-ring (bicyclic) bond motifs is 6. The van der Waals surface area contributed by atoms with Gasteiger partial charge in [-0.1, -0.05) is 54.6 Å². The minimum Gasteiger partial charge on any atom is -0.307 e. The molecule has 0 radical (unpaired) electrons. The number of aryl methyl sites for hydroxylation is 8. The summed E-state index contributed by atoms with van der Waals surface area (Å²) in [4.78, 5) is 54.8. The first kappa shape index (κ1) is 50.8. The van der Waals surface area contributed by atoms with Crippen LogP contribution in [0.1, 0.15) is 63.3 Å². The third-order valence-corrected chi connectivity index (χ3v) is 13.7. The highest BCUT2D eigenvalue weighted by atomic mass is 19.4. The fourth-order valence-corrected chi connectivity index (χ4v) is 10.6. The molecule has 12 rings (SSSR count). The van der Waals surface area contributed by atoms with Crippen LogP contribution >= 0.6 is 0 Å². The van der Waals surface area contributed by atoms with Crippen LogP contribution in [-0.2, 0) is 12.4 Å². The molecule has 12 aromatic rings. The topological polar surface area (TPSA) is 188 Å². The number of benzene rings is 6. The molecule has 0 spiro atoms. The number of nitrogens with zero attached hydrogens (tertiary/aromatic N) is 15. The zero-order valence-corrected chi connectivity index (χ0v) is 43.8. The van der Waals surface area contributed by atoms with Crippen molar-refractivity contribution < 1.29 is 26.3 Å². The molecule has 6 aromatic carbocycles. The molecule has 21 heteroatoms. The van der Waals surface area contributed by atoms with Gasteiger partial charge in [0.1, 0.15) is 46.6 Å². The highest BCUT2D eigenvalue weighted by Gasteiger charge is 2.42. The molecule has 0 aliphatic rings. The second-order valence-corrected chi connectivity index (χ2v) is 19.3. The summed E-state index contributed by atoms with van der Waals surface area (Å²) < 4.78 is 96.2. The van der Waals surface area contributed by atoms with E-state index in [-0.39, 0.29) is 11.4 Å². The van der Waals surface area contributed by atoms with Crippen molar-refractivity contribution in [3.05, 3.63) is 166 Å². The van der Waals surface area contributed by atoms with Crippen molar-refractivity contribution in [2.45, 2.75) is 67.7 Å². The molecule has 0 aliphatic heterocycles. The molecule has 6 aromatic heterocycles. The number of alkyl halides is 6. The predicted molar refractivity (Wildman–Crippen MR) is 288 cm³/mol. The average Bonchev–Trinajstić information content (AvgIpc) is 4.12. The van der Waals surface area contributed by atoms with E-state index in [1.807, 2.05) is 83.4 Å². The molecule has 0 unspecified atom stereocenters. The van der Waals surface area contributed by atoms with Gasteiger partial charge >= 0.3 is 12.4 Å². The van der Waals surface area contributed by atoms with Crippen LogP contribution in [0.3, 0.4) is 0 Å². The Morgan fingerprint density at radius 2 is 0.637 bits per heavy atom. The summed E-state index contributed by atoms with van der Waals surface area (Å²) in [6.07, 6.45) is -10.6. The van der Waals surface area contributed by atoms with Gasteiger partial charge in [0.05, 0.1) is 56.2 Å². The van der Waals surface area contributed by atoms with Crippen LogP contribution in [0.5, 0.6) is 0 Å². The number of hydrogen-bond donors (Lipinski definition) is 0. The Kier molecular flexibility index (Phi) is 11.8. The highest BCUT2D eigenvalue weighted by molar-refractivity contribution is 6.13. The maximum atomic E-state index is 15.4. The molecule has 80 heavy (non-hydrogen) atoms. The number of halogens is 6. The zero-order valence-electron chi connectivity index (χ0n) is 43.8. The molecule has 15 nitrogen and oxygen atoms in total. The fourth-order valence-electron chi connectivity index (χ4n) is 10.6. The molecule has 6 heterocycles. The van der Waals surface area contributed by atoms with Gasteiger partial charge in [0, 0.05) is 54.9 Å². The molecule has 0 bridgehead atoms. The average molecular weight is 1070 g/mol. The molecule has 0 fully saturated rings. The minimum atomic E-state index is -5.31. The van der Waals surface area contributed by atoms with Crippen LogP contribution in [0.2, 0.25) is 0 Å². The Hall–Kier alpha value is -9.97. The molecule has 0 saturated carbocycles. The zero-order chi connectivity index (χ0) is 56.3. The number of rotatable bonds is 7. The molecule has 0 N–H and O–H groups in total. The summed E-state index contributed by atoms with van der Waals surface area (Å²) in [5, 5.41) is 13.9. The van der Waals surface area contributed by atoms with Gasteiger partial charge in [-0.15, -0.1) is 0 Å². The second kappa shape index (κ2) is 18.6. The lowest BCUT2D eigenvalue weighted by atomic mass is 9.89. The van der Waals surface area contributed by atoms with Gasteiger partial charge in [0.2, 0.25) is 0 Å². The first-order valence-corrected chi connectivity index (χ1v) is 24.9. The van der Waals surface area contributed by atoms with Crippen LogP contribution in [0.15, 0.2) is 103 Å². The maximum absolute atomic E-state index is 15.4. The third kappa shape index (κ3) is 8.83. The Morgan fingerprint density at radius 3 is 0.900 bits per heavy atom. The SMILES string of the molecule is Cc1nc(C)nc(-c2ccc3c4ccc(-c5nc(C)nc(C)n5)cc4n(-c4cc(C#N)c(-c5c(C(F)(F)F)cccc5C(F)(F)F)cc4-n4c5cc(-c6nc(C)nc(C)n6)ccc5c5ccc(-c6nc(C)nc(C)n6)cc54)c3c2)n1. The lowest BCUT2D eigenvalue weighted by Gasteiger charge is -2.23. The second-order valence-electron chi connectivity index (χ2n) is 19.3. The van der Waals surface area contributed by atoms with Crippen LogP contribution in [0, 0.1) is 66.7 Å². The van der Waals surface area contributed by atoms with Gasteiger partial charge in [-0.2, -0.15) is 31.6 Å². The van der Waals surface area contributed by atoms with Crippen molar-refractivity contribution in [2.24, 2.45) is 0 Å². The summed E-state index contributed by atoms with van der Waals surface area (Å²) in [6, 6.07) is 28.7. The van der Waals surface area contributed by atoms with Gasteiger partial charge in [-0.3, -0.25) is 0 Å². The molecule has 0 saturated heterocycles. The Labute approximate surface area is 450 Å². The molecule has 0 aliphatic carbocycles. The van der Waals surface area contributed by atoms with Crippen LogP contribution in [0.4, 0.5) is 26.3 Å². The molecule has 394 valence electrons. The van der Waals surface area contributed by atoms with E-state index < -0.39 is 40.2 Å². The Balaban J connectivity index is 1.30. The minimum absolute atomic E-state index is 0.0673. The molecular formula is C59H41F6N15. The van der Waals surface area contributed by atoms with Crippen LogP contribution in [-0.4, -0.2) is 68.9 Å². The molecule has 0 atom stereocenters. The van der Waals surface area contributed by atoms with Crippen LogP contribution < -0.4 is 0 Å². The van der Waals surface area contributed by atoms with E-state index in [2.05, 4.69) is 59.8 Å². The number of nitriles is 1. The van der Waals surface area contributed by atoms with Gasteiger partial charge in [0.25, 0.3) is 0 Å². The highest BCUT2D eigenvalue weighted by Crippen LogP contribution is 2.49. The van der Waals surface area contributed by atoms with Crippen molar-refractivity contribution in [1.82, 2.24) is 68.9 Å². The quantitative estimate of drug-likeness (QED) is 0.137. The summed E-state index contributed by atoms with van der Waals surface area (Å²) in [6.45, 7) is 13.9. The van der Waals surface area contributed by atoms with Gasteiger partial charge in [0.15, 0.2) is 23.3 Å². The summed E-state index contributed by atoms with van der Waals surface area (Å²) >= 11 is 0. The number of aromatic nitrogens is 14. The van der Waals surface area contributed by atoms with E-state index in [1.54, 1.807) is 60.0 Å². The normalized spacial score (nSPS) is 12.1. The van der Waals surface area contributed by atoms with Crippen molar-refractivity contribution in [1.29, 1.82) is 5.26 Å². The van der Waals surface area contributed by atoms with Crippen molar-refractivity contribution in [3.63, 3.8) is 0 Å². The first-order valence-electron chi connectivity index (χ1n) is 24.9. The third-order valence-electron chi connectivity index (χ3n) is 13.7. The van der Waals surface area contributed by atoms with E-state index in [1.165, 1.54) is 12.1 Å². The van der Waals surface area contributed by atoms with Crippen molar-refractivity contribution >= 4 is 43.6 Å². The predicted octanol–water partition coefficient (Wildman–Crippen LogP) is 13.3. The van der Waals surface area contributed by atoms with E-state index in [4.69, 9.17) is 0 Å². The maximum Gasteiger partial charge on any atom is 0.417 e.